The molecule has 0 fully saturated rings. The van der Waals surface area contributed by atoms with Crippen LogP contribution in [0.3, 0.4) is 0 Å². The molecule has 3 aromatic carbocycles. The molecule has 142 valence electrons. The van der Waals surface area contributed by atoms with Gasteiger partial charge in [0.25, 0.3) is 5.91 Å². The maximum atomic E-state index is 13.3. The highest BCUT2D eigenvalue weighted by Crippen LogP contribution is 2.37. The molecule has 1 aliphatic rings. The molecule has 0 bridgehead atoms. The fourth-order valence-electron chi connectivity index (χ4n) is 3.80. The summed E-state index contributed by atoms with van der Waals surface area (Å²) in [5, 5.41) is 9.08. The van der Waals surface area contributed by atoms with Gasteiger partial charge in [-0.25, -0.2) is 5.01 Å². The molecule has 0 unspecified atom stereocenters. The van der Waals surface area contributed by atoms with Gasteiger partial charge in [0.05, 0.1) is 12.3 Å². The second-order valence-corrected chi connectivity index (χ2v) is 7.41. The normalized spacial score (nSPS) is 16.2. The van der Waals surface area contributed by atoms with Gasteiger partial charge in [-0.2, -0.15) is 5.10 Å². The summed E-state index contributed by atoms with van der Waals surface area (Å²) in [5.41, 5.74) is 2.37. The SMILES string of the molecule is O=C(c1ccc(Cl)cc1)N1N=C(c2ccco2)C[C@@H]1c1cccc2ccccc12. The molecule has 2 heterocycles. The fourth-order valence-corrected chi connectivity index (χ4v) is 3.92. The number of hydrogen-bond acceptors (Lipinski definition) is 3. The lowest BCUT2D eigenvalue weighted by Crippen LogP contribution is -2.27. The molecule has 1 aromatic heterocycles. The molecular weight excluding hydrogens is 384 g/mol. The van der Waals surface area contributed by atoms with E-state index < -0.39 is 0 Å². The van der Waals surface area contributed by atoms with Crippen LogP contribution in [0.5, 0.6) is 0 Å². The standard InChI is InChI=1S/C24H17ClN2O2/c25-18-12-10-17(11-13-18)24(28)27-22(15-21(26-27)23-9-4-14-29-23)20-8-3-6-16-5-1-2-7-19(16)20/h1-14,22H,15H2/t22-/m1/s1. The smallest absolute Gasteiger partial charge is 0.274 e. The molecule has 29 heavy (non-hydrogen) atoms. The van der Waals surface area contributed by atoms with Crippen molar-refractivity contribution in [3.63, 3.8) is 0 Å². The Morgan fingerprint density at radius 1 is 0.966 bits per heavy atom. The van der Waals surface area contributed by atoms with Crippen molar-refractivity contribution >= 4 is 34.0 Å². The molecule has 4 aromatic rings. The average molecular weight is 401 g/mol. The van der Waals surface area contributed by atoms with Crippen molar-refractivity contribution in [2.75, 3.05) is 0 Å². The summed E-state index contributed by atoms with van der Waals surface area (Å²) in [7, 11) is 0. The maximum absolute atomic E-state index is 13.3. The van der Waals surface area contributed by atoms with E-state index in [2.05, 4.69) is 29.4 Å². The van der Waals surface area contributed by atoms with Crippen molar-refractivity contribution in [2.24, 2.45) is 5.10 Å². The highest BCUT2D eigenvalue weighted by atomic mass is 35.5. The van der Waals surface area contributed by atoms with Gasteiger partial charge in [0, 0.05) is 17.0 Å². The number of rotatable bonds is 3. The highest BCUT2D eigenvalue weighted by molar-refractivity contribution is 6.30. The molecule has 0 radical (unpaired) electrons. The number of benzene rings is 3. The lowest BCUT2D eigenvalue weighted by molar-refractivity contribution is 0.0712. The van der Waals surface area contributed by atoms with Crippen LogP contribution in [0.25, 0.3) is 10.8 Å². The molecule has 1 aliphatic heterocycles. The Balaban J connectivity index is 1.61. The Morgan fingerprint density at radius 2 is 1.76 bits per heavy atom. The van der Waals surface area contributed by atoms with E-state index in [9.17, 15) is 4.79 Å². The van der Waals surface area contributed by atoms with Crippen molar-refractivity contribution < 1.29 is 9.21 Å². The van der Waals surface area contributed by atoms with Crippen molar-refractivity contribution in [3.8, 4) is 0 Å². The van der Waals surface area contributed by atoms with Crippen LogP contribution in [0.1, 0.15) is 34.1 Å². The minimum atomic E-state index is -0.218. The number of amides is 1. The van der Waals surface area contributed by atoms with Crippen LogP contribution in [-0.4, -0.2) is 16.6 Å². The molecule has 4 nitrogen and oxygen atoms in total. The quantitative estimate of drug-likeness (QED) is 0.418. The number of carbonyl (C=O) groups is 1. The molecule has 0 saturated heterocycles. The first-order valence-electron chi connectivity index (χ1n) is 9.39. The molecule has 0 aliphatic carbocycles. The topological polar surface area (TPSA) is 45.8 Å². The van der Waals surface area contributed by atoms with Crippen LogP contribution in [0, 0.1) is 0 Å². The Hall–Kier alpha value is -3.37. The zero-order valence-electron chi connectivity index (χ0n) is 15.5. The predicted molar refractivity (Wildman–Crippen MR) is 114 cm³/mol. The van der Waals surface area contributed by atoms with E-state index in [0.717, 1.165) is 22.0 Å². The highest BCUT2D eigenvalue weighted by Gasteiger charge is 2.35. The largest absolute Gasteiger partial charge is 0.463 e. The number of halogens is 1. The molecule has 1 atom stereocenters. The first-order chi connectivity index (χ1) is 14.2. The van der Waals surface area contributed by atoms with Gasteiger partial charge in [-0.15, -0.1) is 0 Å². The van der Waals surface area contributed by atoms with Gasteiger partial charge in [-0.1, -0.05) is 54.1 Å². The van der Waals surface area contributed by atoms with Crippen LogP contribution in [-0.2, 0) is 0 Å². The van der Waals surface area contributed by atoms with Crippen molar-refractivity contribution in [1.82, 2.24) is 5.01 Å². The van der Waals surface area contributed by atoms with Crippen LogP contribution >= 0.6 is 11.6 Å². The Morgan fingerprint density at radius 3 is 2.55 bits per heavy atom. The summed E-state index contributed by atoms with van der Waals surface area (Å²) in [5.74, 6) is 0.516. The number of hydrogen-bond donors (Lipinski definition) is 0. The van der Waals surface area contributed by atoms with Gasteiger partial charge in [0.15, 0.2) is 0 Å². The van der Waals surface area contributed by atoms with E-state index in [-0.39, 0.29) is 11.9 Å². The fraction of sp³-hybridized carbons (Fsp3) is 0.0833. The third-order valence-electron chi connectivity index (χ3n) is 5.20. The lowest BCUT2D eigenvalue weighted by Gasteiger charge is -2.23. The minimum Gasteiger partial charge on any atom is -0.463 e. The van der Waals surface area contributed by atoms with Gasteiger partial charge < -0.3 is 4.42 Å². The van der Waals surface area contributed by atoms with Crippen LogP contribution < -0.4 is 0 Å². The molecule has 5 rings (SSSR count). The van der Waals surface area contributed by atoms with Crippen LogP contribution in [0.2, 0.25) is 5.02 Å². The third kappa shape index (κ3) is 3.22. The number of hydrazone groups is 1. The average Bonchev–Trinajstić information content (AvgIpc) is 3.43. The van der Waals surface area contributed by atoms with Gasteiger partial charge in [-0.05, 0) is 52.7 Å². The number of furan rings is 1. The van der Waals surface area contributed by atoms with Crippen molar-refractivity contribution in [3.05, 3.63) is 107 Å². The van der Waals surface area contributed by atoms with E-state index in [1.807, 2.05) is 30.3 Å². The van der Waals surface area contributed by atoms with Gasteiger partial charge >= 0.3 is 0 Å². The zero-order chi connectivity index (χ0) is 19.8. The number of fused-ring (bicyclic) bond motifs is 1. The summed E-state index contributed by atoms with van der Waals surface area (Å²) >= 11 is 5.99. The molecular formula is C24H17ClN2O2. The molecule has 0 saturated carbocycles. The Labute approximate surface area is 173 Å². The summed E-state index contributed by atoms with van der Waals surface area (Å²) in [4.78, 5) is 13.3. The van der Waals surface area contributed by atoms with Crippen molar-refractivity contribution in [2.45, 2.75) is 12.5 Å². The first-order valence-corrected chi connectivity index (χ1v) is 9.76. The first kappa shape index (κ1) is 17.7. The third-order valence-corrected chi connectivity index (χ3v) is 5.45. The summed E-state index contributed by atoms with van der Waals surface area (Å²) in [6.45, 7) is 0. The van der Waals surface area contributed by atoms with E-state index in [4.69, 9.17) is 16.0 Å². The second-order valence-electron chi connectivity index (χ2n) is 6.97. The monoisotopic (exact) mass is 400 g/mol. The zero-order valence-corrected chi connectivity index (χ0v) is 16.2. The molecule has 1 amide bonds. The lowest BCUT2D eigenvalue weighted by atomic mass is 9.95. The molecule has 5 heteroatoms. The summed E-state index contributed by atoms with van der Waals surface area (Å²) in [6, 6.07) is 24.7. The number of nitrogens with zero attached hydrogens (tertiary/aromatic N) is 2. The Kier molecular flexibility index (Phi) is 4.41. The van der Waals surface area contributed by atoms with E-state index in [1.165, 1.54) is 0 Å². The second kappa shape index (κ2) is 7.22. The van der Waals surface area contributed by atoms with Crippen molar-refractivity contribution in [1.29, 1.82) is 0 Å². The van der Waals surface area contributed by atoms with Crippen LogP contribution in [0.4, 0.5) is 0 Å². The predicted octanol–water partition coefficient (Wildman–Crippen LogP) is 6.08. The Bertz CT molecular complexity index is 1210. The van der Waals surface area contributed by atoms with E-state index >= 15 is 0 Å². The maximum Gasteiger partial charge on any atom is 0.274 e. The van der Waals surface area contributed by atoms with Gasteiger partial charge in [-0.3, -0.25) is 4.79 Å². The molecule has 0 spiro atoms. The number of carbonyl (C=O) groups excluding carboxylic acids is 1. The molecule has 0 N–H and O–H groups in total. The van der Waals surface area contributed by atoms with E-state index in [0.29, 0.717) is 22.8 Å². The van der Waals surface area contributed by atoms with E-state index in [1.54, 1.807) is 35.5 Å². The minimum absolute atomic E-state index is 0.166. The van der Waals surface area contributed by atoms with Crippen LogP contribution in [0.15, 0.2) is 94.6 Å². The van der Waals surface area contributed by atoms with Gasteiger partial charge in [0.1, 0.15) is 11.5 Å². The summed E-state index contributed by atoms with van der Waals surface area (Å²) in [6.07, 6.45) is 2.20. The van der Waals surface area contributed by atoms with Gasteiger partial charge in [0.2, 0.25) is 0 Å². The summed E-state index contributed by atoms with van der Waals surface area (Å²) < 4.78 is 5.55.